The number of hydrogen-bond donors (Lipinski definition) is 0. The van der Waals surface area contributed by atoms with Crippen molar-refractivity contribution < 1.29 is 22.7 Å². The van der Waals surface area contributed by atoms with Gasteiger partial charge >= 0.3 is 12.1 Å². The van der Waals surface area contributed by atoms with E-state index in [0.717, 1.165) is 13.2 Å². The van der Waals surface area contributed by atoms with Crippen LogP contribution >= 0.6 is 15.9 Å². The van der Waals surface area contributed by atoms with E-state index >= 15 is 0 Å². The van der Waals surface area contributed by atoms with Gasteiger partial charge in [0.15, 0.2) is 5.69 Å². The van der Waals surface area contributed by atoms with Gasteiger partial charge in [-0.2, -0.15) is 13.2 Å². The highest BCUT2D eigenvalue weighted by atomic mass is 79.9. The number of rotatable bonds is 2. The second-order valence-corrected chi connectivity index (χ2v) is 3.25. The van der Waals surface area contributed by atoms with Crippen molar-refractivity contribution in [3.05, 3.63) is 23.3 Å². The van der Waals surface area contributed by atoms with E-state index in [2.05, 4.69) is 30.6 Å². The predicted octanol–water partition coefficient (Wildman–Crippen LogP) is 2.18. The van der Waals surface area contributed by atoms with E-state index in [1.54, 1.807) is 0 Å². The van der Waals surface area contributed by atoms with Crippen LogP contribution in [-0.2, 0) is 16.2 Å². The largest absolute Gasteiger partial charge is 0.464 e. The summed E-state index contributed by atoms with van der Waals surface area (Å²) in [5, 5.41) is 0.0859. The molecule has 0 radical (unpaired) electrons. The third kappa shape index (κ3) is 2.91. The molecule has 0 spiro atoms. The van der Waals surface area contributed by atoms with E-state index in [9.17, 15) is 18.0 Å². The fourth-order valence-electron chi connectivity index (χ4n) is 0.902. The topological polar surface area (TPSA) is 52.1 Å². The van der Waals surface area contributed by atoms with Crippen LogP contribution in [0, 0.1) is 0 Å². The summed E-state index contributed by atoms with van der Waals surface area (Å²) in [6.45, 7) is 0. The Bertz CT molecular complexity index is 409. The Hall–Kier alpha value is -1.18. The molecule has 88 valence electrons. The first-order chi connectivity index (χ1) is 7.38. The van der Waals surface area contributed by atoms with Gasteiger partial charge in [-0.1, -0.05) is 15.9 Å². The lowest BCUT2D eigenvalue weighted by Crippen LogP contribution is -2.16. The molecule has 0 amide bonds. The number of carbonyl (C=O) groups excluding carboxylic acids is 1. The highest BCUT2D eigenvalue weighted by Gasteiger charge is 2.35. The summed E-state index contributed by atoms with van der Waals surface area (Å²) in [7, 11) is 1.06. The Labute approximate surface area is 97.0 Å². The number of alkyl halides is 4. The van der Waals surface area contributed by atoms with Crippen LogP contribution in [0.2, 0.25) is 0 Å². The number of carbonyl (C=O) groups is 1. The van der Waals surface area contributed by atoms with E-state index in [1.807, 2.05) is 0 Å². The number of ether oxygens (including phenoxy) is 1. The van der Waals surface area contributed by atoms with E-state index in [4.69, 9.17) is 0 Å². The van der Waals surface area contributed by atoms with Gasteiger partial charge in [0, 0.05) is 5.33 Å². The average Bonchev–Trinajstić information content (AvgIpc) is 2.26. The molecule has 1 aromatic heterocycles. The summed E-state index contributed by atoms with van der Waals surface area (Å²) >= 11 is 2.95. The molecular formula is C8H6BrF3N2O2. The minimum atomic E-state index is -4.69. The van der Waals surface area contributed by atoms with E-state index in [-0.39, 0.29) is 11.0 Å². The lowest BCUT2D eigenvalue weighted by Gasteiger charge is -2.07. The van der Waals surface area contributed by atoms with Crippen molar-refractivity contribution in [2.45, 2.75) is 11.5 Å². The maximum Gasteiger partial charge on any atom is 0.451 e. The molecule has 0 atom stereocenters. The molecule has 4 nitrogen and oxygen atoms in total. The van der Waals surface area contributed by atoms with Gasteiger partial charge in [0.1, 0.15) is 0 Å². The zero-order valence-corrected chi connectivity index (χ0v) is 9.59. The van der Waals surface area contributed by atoms with Crippen molar-refractivity contribution in [1.82, 2.24) is 9.97 Å². The van der Waals surface area contributed by atoms with Crippen LogP contribution in [0.4, 0.5) is 13.2 Å². The molecule has 0 unspecified atom stereocenters. The second-order valence-electron chi connectivity index (χ2n) is 2.69. The summed E-state index contributed by atoms with van der Waals surface area (Å²) in [5.74, 6) is -2.29. The van der Waals surface area contributed by atoms with Gasteiger partial charge in [0.05, 0.1) is 12.8 Å². The molecule has 0 saturated heterocycles. The summed E-state index contributed by atoms with van der Waals surface area (Å²) in [4.78, 5) is 17.4. The smallest absolute Gasteiger partial charge is 0.451 e. The minimum Gasteiger partial charge on any atom is -0.464 e. The van der Waals surface area contributed by atoms with E-state index in [1.165, 1.54) is 0 Å². The molecule has 16 heavy (non-hydrogen) atoms. The molecule has 0 bridgehead atoms. The van der Waals surface area contributed by atoms with E-state index in [0.29, 0.717) is 0 Å². The Morgan fingerprint density at radius 2 is 2.12 bits per heavy atom. The second kappa shape index (κ2) is 4.77. The monoisotopic (exact) mass is 298 g/mol. The fraction of sp³-hybridized carbons (Fsp3) is 0.375. The molecule has 0 fully saturated rings. The van der Waals surface area contributed by atoms with Crippen molar-refractivity contribution in [3.8, 4) is 0 Å². The highest BCUT2D eigenvalue weighted by Crippen LogP contribution is 2.26. The van der Waals surface area contributed by atoms with Crippen LogP contribution in [-0.4, -0.2) is 23.0 Å². The molecule has 0 N–H and O–H groups in total. The van der Waals surface area contributed by atoms with Gasteiger partial charge in [-0.25, -0.2) is 14.8 Å². The van der Waals surface area contributed by atoms with Crippen LogP contribution in [0.5, 0.6) is 0 Å². The third-order valence-corrected chi connectivity index (χ3v) is 2.14. The highest BCUT2D eigenvalue weighted by molar-refractivity contribution is 9.08. The van der Waals surface area contributed by atoms with Gasteiger partial charge in [0.25, 0.3) is 0 Å². The molecule has 0 aromatic carbocycles. The normalized spacial score (nSPS) is 11.3. The Balaban J connectivity index is 3.27. The fourth-order valence-corrected chi connectivity index (χ4v) is 1.19. The molecule has 8 heteroatoms. The lowest BCUT2D eigenvalue weighted by atomic mass is 10.3. The van der Waals surface area contributed by atoms with Gasteiger partial charge < -0.3 is 4.74 Å². The molecule has 0 aliphatic rings. The van der Waals surface area contributed by atoms with Gasteiger partial charge in [-0.05, 0) is 6.07 Å². The van der Waals surface area contributed by atoms with Gasteiger partial charge in [0.2, 0.25) is 5.82 Å². The lowest BCUT2D eigenvalue weighted by molar-refractivity contribution is -0.145. The Morgan fingerprint density at radius 1 is 1.50 bits per heavy atom. The first-order valence-electron chi connectivity index (χ1n) is 3.98. The van der Waals surface area contributed by atoms with Crippen LogP contribution in [0.1, 0.15) is 22.0 Å². The van der Waals surface area contributed by atoms with Crippen molar-refractivity contribution in [3.63, 3.8) is 0 Å². The summed E-state index contributed by atoms with van der Waals surface area (Å²) in [6, 6.07) is 1.13. The molecule has 1 aromatic rings. The molecular weight excluding hydrogens is 293 g/mol. The van der Waals surface area contributed by atoms with E-state index < -0.39 is 23.7 Å². The predicted molar refractivity (Wildman–Crippen MR) is 51.0 cm³/mol. The minimum absolute atomic E-state index is 0.0581. The molecule has 0 aliphatic heterocycles. The molecule has 1 rings (SSSR count). The maximum atomic E-state index is 12.4. The Kier molecular flexibility index (Phi) is 3.84. The zero-order valence-electron chi connectivity index (χ0n) is 8.01. The summed E-state index contributed by atoms with van der Waals surface area (Å²) in [6.07, 6.45) is -4.69. The SMILES string of the molecule is COC(=O)c1cc(CBr)nc(C(F)(F)F)n1. The van der Waals surface area contributed by atoms with Crippen molar-refractivity contribution in [1.29, 1.82) is 0 Å². The first-order valence-corrected chi connectivity index (χ1v) is 5.10. The Morgan fingerprint density at radius 3 is 2.56 bits per heavy atom. The third-order valence-electron chi connectivity index (χ3n) is 1.56. The number of aromatic nitrogens is 2. The van der Waals surface area contributed by atoms with Crippen LogP contribution < -0.4 is 0 Å². The number of methoxy groups -OCH3 is 1. The molecule has 1 heterocycles. The number of halogens is 4. The molecule has 0 aliphatic carbocycles. The first kappa shape index (κ1) is 12.9. The summed E-state index contributed by atoms with van der Waals surface area (Å²) < 4.78 is 41.4. The van der Waals surface area contributed by atoms with Crippen LogP contribution in [0.25, 0.3) is 0 Å². The molecule has 0 saturated carbocycles. The zero-order chi connectivity index (χ0) is 12.3. The van der Waals surface area contributed by atoms with Crippen molar-refractivity contribution in [2.24, 2.45) is 0 Å². The van der Waals surface area contributed by atoms with Gasteiger partial charge in [-0.3, -0.25) is 0 Å². The van der Waals surface area contributed by atoms with Crippen molar-refractivity contribution >= 4 is 21.9 Å². The number of hydrogen-bond acceptors (Lipinski definition) is 4. The maximum absolute atomic E-state index is 12.4. The standard InChI is InChI=1S/C8H6BrF3N2O2/c1-16-6(15)5-2-4(3-9)13-7(14-5)8(10,11)12/h2H,3H2,1H3. The average molecular weight is 299 g/mol. The number of nitrogens with zero attached hydrogens (tertiary/aromatic N) is 2. The van der Waals surface area contributed by atoms with Crippen LogP contribution in [0.3, 0.4) is 0 Å². The quantitative estimate of drug-likeness (QED) is 0.620. The van der Waals surface area contributed by atoms with Crippen molar-refractivity contribution in [2.75, 3.05) is 7.11 Å². The number of esters is 1. The summed E-state index contributed by atoms with van der Waals surface area (Å²) in [5.41, 5.74) is -0.359. The van der Waals surface area contributed by atoms with Gasteiger partial charge in [-0.15, -0.1) is 0 Å². The van der Waals surface area contributed by atoms with Crippen LogP contribution in [0.15, 0.2) is 6.07 Å².